The molecular formula is C23H26N4O3. The van der Waals surface area contributed by atoms with Gasteiger partial charge in [-0.25, -0.2) is 15.0 Å². The van der Waals surface area contributed by atoms with E-state index >= 15 is 0 Å². The Labute approximate surface area is 175 Å². The van der Waals surface area contributed by atoms with Gasteiger partial charge in [0.25, 0.3) is 0 Å². The monoisotopic (exact) mass is 406 g/mol. The van der Waals surface area contributed by atoms with E-state index in [1.165, 1.54) is 0 Å². The molecule has 0 aliphatic carbocycles. The number of rotatable bonds is 8. The van der Waals surface area contributed by atoms with Gasteiger partial charge in [-0.15, -0.1) is 0 Å². The predicted molar refractivity (Wildman–Crippen MR) is 117 cm³/mol. The molecule has 0 atom stereocenters. The minimum Gasteiger partial charge on any atom is -0.493 e. The molecule has 0 bridgehead atoms. The second kappa shape index (κ2) is 8.57. The number of nitrogens with zero attached hydrogens (tertiary/aromatic N) is 4. The molecule has 0 saturated carbocycles. The van der Waals surface area contributed by atoms with Crippen molar-refractivity contribution in [2.24, 2.45) is 0 Å². The Balaban J connectivity index is 1.94. The smallest absolute Gasteiger partial charge is 0.203 e. The molecule has 2 aromatic carbocycles. The van der Waals surface area contributed by atoms with Crippen LogP contribution in [0.1, 0.15) is 26.2 Å². The number of para-hydroxylation sites is 2. The van der Waals surface area contributed by atoms with Crippen molar-refractivity contribution in [1.29, 1.82) is 0 Å². The third-order valence-electron chi connectivity index (χ3n) is 5.17. The van der Waals surface area contributed by atoms with Crippen LogP contribution in [0.3, 0.4) is 0 Å². The predicted octanol–water partition coefficient (Wildman–Crippen LogP) is 4.86. The number of hydrogen-bond donors (Lipinski definition) is 0. The minimum atomic E-state index is 0.555. The van der Waals surface area contributed by atoms with E-state index in [-0.39, 0.29) is 0 Å². The average Bonchev–Trinajstić information content (AvgIpc) is 3.13. The molecule has 4 aromatic rings. The van der Waals surface area contributed by atoms with Gasteiger partial charge >= 0.3 is 0 Å². The molecule has 0 N–H and O–H groups in total. The zero-order valence-corrected chi connectivity index (χ0v) is 17.8. The Hall–Kier alpha value is -3.35. The van der Waals surface area contributed by atoms with Gasteiger partial charge in [0.05, 0.1) is 32.4 Å². The molecule has 0 unspecified atom stereocenters. The Bertz CT molecular complexity index is 1160. The van der Waals surface area contributed by atoms with Gasteiger partial charge in [-0.1, -0.05) is 31.9 Å². The summed E-state index contributed by atoms with van der Waals surface area (Å²) >= 11 is 0. The normalized spacial score (nSPS) is 11.2. The van der Waals surface area contributed by atoms with Crippen LogP contribution >= 0.6 is 0 Å². The molecule has 7 heteroatoms. The fraction of sp³-hybridized carbons (Fsp3) is 0.348. The van der Waals surface area contributed by atoms with Crippen molar-refractivity contribution in [1.82, 2.24) is 19.5 Å². The molecule has 0 aliphatic rings. The first-order chi connectivity index (χ1) is 14.7. The Morgan fingerprint density at radius 1 is 0.833 bits per heavy atom. The van der Waals surface area contributed by atoms with Crippen LogP contribution in [0.15, 0.2) is 36.4 Å². The van der Waals surface area contributed by atoms with E-state index in [9.17, 15) is 0 Å². The number of ether oxygens (including phenoxy) is 3. The fourth-order valence-electron chi connectivity index (χ4n) is 3.66. The second-order valence-electron chi connectivity index (χ2n) is 7.07. The van der Waals surface area contributed by atoms with Gasteiger partial charge in [-0.3, -0.25) is 0 Å². The summed E-state index contributed by atoms with van der Waals surface area (Å²) in [6, 6.07) is 11.7. The summed E-state index contributed by atoms with van der Waals surface area (Å²) in [5, 5.41) is 0. The zero-order valence-electron chi connectivity index (χ0n) is 17.8. The molecule has 0 amide bonds. The first-order valence-corrected chi connectivity index (χ1v) is 10.1. The largest absolute Gasteiger partial charge is 0.493 e. The molecule has 30 heavy (non-hydrogen) atoms. The fourth-order valence-corrected chi connectivity index (χ4v) is 3.66. The van der Waals surface area contributed by atoms with E-state index in [0.717, 1.165) is 53.9 Å². The lowest BCUT2D eigenvalue weighted by molar-refractivity contribution is 0.324. The molecule has 2 heterocycles. The maximum absolute atomic E-state index is 5.54. The van der Waals surface area contributed by atoms with Gasteiger partial charge in [0.15, 0.2) is 22.8 Å². The molecule has 0 fully saturated rings. The van der Waals surface area contributed by atoms with Crippen molar-refractivity contribution < 1.29 is 14.2 Å². The zero-order chi connectivity index (χ0) is 21.1. The van der Waals surface area contributed by atoms with Crippen molar-refractivity contribution in [2.45, 2.75) is 32.7 Å². The summed E-state index contributed by atoms with van der Waals surface area (Å²) in [7, 11) is 4.82. The number of imidazole rings is 1. The van der Waals surface area contributed by atoms with Crippen LogP contribution in [-0.4, -0.2) is 40.8 Å². The highest BCUT2D eigenvalue weighted by Gasteiger charge is 2.20. The summed E-state index contributed by atoms with van der Waals surface area (Å²) < 4.78 is 18.7. The molecule has 4 rings (SSSR count). The number of methoxy groups -OCH3 is 3. The summed E-state index contributed by atoms with van der Waals surface area (Å²) in [5.74, 6) is 2.52. The highest BCUT2D eigenvalue weighted by Crippen LogP contribution is 2.41. The maximum atomic E-state index is 5.54. The van der Waals surface area contributed by atoms with E-state index in [1.807, 2.05) is 36.4 Å². The van der Waals surface area contributed by atoms with Crippen molar-refractivity contribution in [3.8, 4) is 28.6 Å². The SMILES string of the molecule is CCCCCn1c(-c2cc(OC)c(OC)c(OC)c2)nc2nc3ccccc3nc21. The van der Waals surface area contributed by atoms with Gasteiger partial charge in [0.2, 0.25) is 5.75 Å². The lowest BCUT2D eigenvalue weighted by Crippen LogP contribution is -2.03. The van der Waals surface area contributed by atoms with E-state index in [2.05, 4.69) is 11.5 Å². The maximum Gasteiger partial charge on any atom is 0.203 e. The Morgan fingerprint density at radius 3 is 2.10 bits per heavy atom. The van der Waals surface area contributed by atoms with E-state index in [4.69, 9.17) is 29.2 Å². The van der Waals surface area contributed by atoms with E-state index in [1.54, 1.807) is 21.3 Å². The van der Waals surface area contributed by atoms with Gasteiger partial charge in [0, 0.05) is 12.1 Å². The third kappa shape index (κ3) is 3.51. The number of fused-ring (bicyclic) bond motifs is 2. The van der Waals surface area contributed by atoms with Gasteiger partial charge in [-0.05, 0) is 30.7 Å². The van der Waals surface area contributed by atoms with Crippen molar-refractivity contribution >= 4 is 22.3 Å². The van der Waals surface area contributed by atoms with Gasteiger partial charge < -0.3 is 18.8 Å². The molecule has 0 aliphatic heterocycles. The molecule has 0 spiro atoms. The van der Waals surface area contributed by atoms with Crippen LogP contribution in [-0.2, 0) is 6.54 Å². The van der Waals surface area contributed by atoms with Crippen LogP contribution in [0, 0.1) is 0 Å². The standard InChI is InChI=1S/C23H26N4O3/c1-5-6-9-12-27-22(15-13-18(28-2)20(30-4)19(14-15)29-3)26-21-23(27)25-17-11-8-7-10-16(17)24-21/h7-8,10-11,13-14H,5-6,9,12H2,1-4H3. The quantitative estimate of drug-likeness (QED) is 0.389. The second-order valence-corrected chi connectivity index (χ2v) is 7.07. The van der Waals surface area contributed by atoms with Crippen molar-refractivity contribution in [3.05, 3.63) is 36.4 Å². The van der Waals surface area contributed by atoms with E-state index in [0.29, 0.717) is 22.9 Å². The number of aryl methyl sites for hydroxylation is 1. The molecule has 2 aromatic heterocycles. The number of aromatic nitrogens is 4. The number of benzene rings is 2. The van der Waals surface area contributed by atoms with Crippen molar-refractivity contribution in [3.63, 3.8) is 0 Å². The van der Waals surface area contributed by atoms with Gasteiger partial charge in [0.1, 0.15) is 5.82 Å². The molecule has 156 valence electrons. The average molecular weight is 406 g/mol. The first kappa shape index (κ1) is 19.9. The summed E-state index contributed by atoms with van der Waals surface area (Å²) in [5.41, 5.74) is 3.98. The number of hydrogen-bond acceptors (Lipinski definition) is 6. The van der Waals surface area contributed by atoms with Crippen LogP contribution in [0.5, 0.6) is 17.2 Å². The Kier molecular flexibility index (Phi) is 5.70. The van der Waals surface area contributed by atoms with Crippen LogP contribution < -0.4 is 14.2 Å². The highest BCUT2D eigenvalue weighted by molar-refractivity contribution is 5.85. The van der Waals surface area contributed by atoms with Crippen LogP contribution in [0.2, 0.25) is 0 Å². The lowest BCUT2D eigenvalue weighted by atomic mass is 10.1. The summed E-state index contributed by atoms with van der Waals surface area (Å²) in [4.78, 5) is 14.5. The summed E-state index contributed by atoms with van der Waals surface area (Å²) in [6.07, 6.45) is 3.31. The molecule has 0 radical (unpaired) electrons. The lowest BCUT2D eigenvalue weighted by Gasteiger charge is -2.15. The van der Waals surface area contributed by atoms with Crippen LogP contribution in [0.25, 0.3) is 33.7 Å². The molecule has 0 saturated heterocycles. The summed E-state index contributed by atoms with van der Waals surface area (Å²) in [6.45, 7) is 3.00. The minimum absolute atomic E-state index is 0.555. The number of unbranched alkanes of at least 4 members (excludes halogenated alkanes) is 2. The van der Waals surface area contributed by atoms with Crippen LogP contribution in [0.4, 0.5) is 0 Å². The highest BCUT2D eigenvalue weighted by atomic mass is 16.5. The molecular weight excluding hydrogens is 380 g/mol. The van der Waals surface area contributed by atoms with Gasteiger partial charge in [-0.2, -0.15) is 0 Å². The Morgan fingerprint density at radius 2 is 1.50 bits per heavy atom. The third-order valence-corrected chi connectivity index (χ3v) is 5.17. The first-order valence-electron chi connectivity index (χ1n) is 10.1. The van der Waals surface area contributed by atoms with Crippen molar-refractivity contribution in [2.75, 3.05) is 21.3 Å². The molecule has 7 nitrogen and oxygen atoms in total. The topological polar surface area (TPSA) is 71.3 Å². The van der Waals surface area contributed by atoms with E-state index < -0.39 is 0 Å².